The summed E-state index contributed by atoms with van der Waals surface area (Å²) in [6.07, 6.45) is 0.829. The van der Waals surface area contributed by atoms with Crippen molar-refractivity contribution in [3.63, 3.8) is 0 Å². The van der Waals surface area contributed by atoms with Crippen LogP contribution in [0.2, 0.25) is 0 Å². The average molecular weight is 246 g/mol. The zero-order valence-electron chi connectivity index (χ0n) is 9.91. The van der Waals surface area contributed by atoms with Crippen LogP contribution in [0.4, 0.5) is 8.78 Å². The fourth-order valence-corrected chi connectivity index (χ4v) is 2.39. The molecule has 0 spiro atoms. The van der Waals surface area contributed by atoms with Gasteiger partial charge in [-0.25, -0.2) is 8.78 Å². The van der Waals surface area contributed by atoms with Gasteiger partial charge in [0.2, 0.25) is 0 Å². The van der Waals surface area contributed by atoms with Crippen LogP contribution < -0.4 is 4.74 Å². The Hall–Kier alpha value is -1.90. The number of ether oxygens (including phenoxy) is 1. The summed E-state index contributed by atoms with van der Waals surface area (Å²) in [5.74, 6) is -0.521. The third-order valence-electron chi connectivity index (χ3n) is 3.16. The summed E-state index contributed by atoms with van der Waals surface area (Å²) in [5.41, 5.74) is 1.48. The first kappa shape index (κ1) is 11.2. The van der Waals surface area contributed by atoms with Gasteiger partial charge in [0, 0.05) is 12.0 Å². The SMILES string of the molecule is CC1Cc2cccc(-c3c(F)cccc3F)c2O1. The summed E-state index contributed by atoms with van der Waals surface area (Å²) in [4.78, 5) is 0. The van der Waals surface area contributed by atoms with Crippen molar-refractivity contribution in [3.8, 4) is 16.9 Å². The Morgan fingerprint density at radius 3 is 2.44 bits per heavy atom. The lowest BCUT2D eigenvalue weighted by Gasteiger charge is -2.11. The van der Waals surface area contributed by atoms with E-state index in [2.05, 4.69) is 0 Å². The molecule has 0 amide bonds. The molecule has 1 aliphatic rings. The molecule has 92 valence electrons. The van der Waals surface area contributed by atoms with Gasteiger partial charge in [-0.3, -0.25) is 0 Å². The van der Waals surface area contributed by atoms with E-state index in [1.54, 1.807) is 12.1 Å². The second-order valence-corrected chi connectivity index (χ2v) is 4.52. The van der Waals surface area contributed by atoms with Crippen molar-refractivity contribution in [1.82, 2.24) is 0 Å². The lowest BCUT2D eigenvalue weighted by Crippen LogP contribution is -2.05. The van der Waals surface area contributed by atoms with Gasteiger partial charge in [0.05, 0.1) is 5.56 Å². The van der Waals surface area contributed by atoms with E-state index >= 15 is 0 Å². The van der Waals surface area contributed by atoms with E-state index in [9.17, 15) is 8.78 Å². The number of halogens is 2. The minimum atomic E-state index is -0.563. The number of para-hydroxylation sites is 1. The molecule has 3 heteroatoms. The highest BCUT2D eigenvalue weighted by Gasteiger charge is 2.24. The first-order valence-electron chi connectivity index (χ1n) is 5.89. The molecule has 1 unspecified atom stereocenters. The first-order valence-corrected chi connectivity index (χ1v) is 5.89. The molecule has 0 N–H and O–H groups in total. The van der Waals surface area contributed by atoms with Crippen molar-refractivity contribution in [1.29, 1.82) is 0 Å². The quantitative estimate of drug-likeness (QED) is 0.740. The first-order chi connectivity index (χ1) is 8.66. The molecule has 0 aliphatic carbocycles. The third-order valence-corrected chi connectivity index (χ3v) is 3.16. The molecule has 1 heterocycles. The van der Waals surface area contributed by atoms with Crippen molar-refractivity contribution in [2.24, 2.45) is 0 Å². The Morgan fingerprint density at radius 1 is 1.06 bits per heavy atom. The summed E-state index contributed by atoms with van der Waals surface area (Å²) >= 11 is 0. The van der Waals surface area contributed by atoms with Crippen LogP contribution in [0.5, 0.6) is 5.75 Å². The standard InChI is InChI=1S/C15H12F2O/c1-9-8-10-4-2-5-11(15(10)18-9)14-12(16)6-3-7-13(14)17/h2-7,9H,8H2,1H3. The molecular weight excluding hydrogens is 234 g/mol. The van der Waals surface area contributed by atoms with Crippen molar-refractivity contribution in [2.75, 3.05) is 0 Å². The van der Waals surface area contributed by atoms with E-state index in [-0.39, 0.29) is 11.7 Å². The summed E-state index contributed by atoms with van der Waals surface area (Å²) in [6.45, 7) is 1.95. The number of hydrogen-bond acceptors (Lipinski definition) is 1. The molecule has 1 nitrogen and oxygen atoms in total. The van der Waals surface area contributed by atoms with E-state index < -0.39 is 11.6 Å². The van der Waals surface area contributed by atoms with Crippen LogP contribution in [-0.2, 0) is 6.42 Å². The average Bonchev–Trinajstić information content (AvgIpc) is 2.70. The fraction of sp³-hybridized carbons (Fsp3) is 0.200. The number of hydrogen-bond donors (Lipinski definition) is 0. The molecule has 1 aliphatic heterocycles. The molecule has 2 aromatic carbocycles. The van der Waals surface area contributed by atoms with Crippen LogP contribution in [0.25, 0.3) is 11.1 Å². The molecule has 1 atom stereocenters. The van der Waals surface area contributed by atoms with Gasteiger partial charge in [0.1, 0.15) is 23.5 Å². The van der Waals surface area contributed by atoms with E-state index in [1.807, 2.05) is 13.0 Å². The van der Waals surface area contributed by atoms with Gasteiger partial charge < -0.3 is 4.74 Å². The minimum Gasteiger partial charge on any atom is -0.489 e. The third kappa shape index (κ3) is 1.67. The van der Waals surface area contributed by atoms with E-state index in [0.29, 0.717) is 11.3 Å². The Bertz CT molecular complexity index is 587. The normalized spacial score (nSPS) is 17.4. The molecule has 0 fully saturated rings. The predicted molar refractivity (Wildman–Crippen MR) is 65.6 cm³/mol. The lowest BCUT2D eigenvalue weighted by atomic mass is 10.00. The van der Waals surface area contributed by atoms with Crippen LogP contribution in [0.1, 0.15) is 12.5 Å². The van der Waals surface area contributed by atoms with Crippen LogP contribution in [0.15, 0.2) is 36.4 Å². The lowest BCUT2D eigenvalue weighted by molar-refractivity contribution is 0.255. The maximum absolute atomic E-state index is 13.8. The van der Waals surface area contributed by atoms with E-state index in [1.165, 1.54) is 18.2 Å². The van der Waals surface area contributed by atoms with E-state index in [4.69, 9.17) is 4.74 Å². The number of fused-ring (bicyclic) bond motifs is 1. The minimum absolute atomic E-state index is 0.0107. The Morgan fingerprint density at radius 2 is 1.72 bits per heavy atom. The topological polar surface area (TPSA) is 9.23 Å². The van der Waals surface area contributed by atoms with Gasteiger partial charge in [-0.15, -0.1) is 0 Å². The molecule has 3 rings (SSSR count). The zero-order chi connectivity index (χ0) is 12.7. The molecule has 0 saturated heterocycles. The van der Waals surface area contributed by atoms with Gasteiger partial charge in [-0.05, 0) is 24.6 Å². The highest BCUT2D eigenvalue weighted by Crippen LogP contribution is 2.40. The van der Waals surface area contributed by atoms with Crippen molar-refractivity contribution >= 4 is 0 Å². The highest BCUT2D eigenvalue weighted by atomic mass is 19.1. The van der Waals surface area contributed by atoms with Crippen molar-refractivity contribution in [2.45, 2.75) is 19.4 Å². The van der Waals surface area contributed by atoms with Crippen molar-refractivity contribution < 1.29 is 13.5 Å². The van der Waals surface area contributed by atoms with Crippen molar-refractivity contribution in [3.05, 3.63) is 53.6 Å². The van der Waals surface area contributed by atoms with Crippen LogP contribution in [0.3, 0.4) is 0 Å². The molecule has 0 radical (unpaired) electrons. The maximum atomic E-state index is 13.8. The second-order valence-electron chi connectivity index (χ2n) is 4.52. The predicted octanol–water partition coefficient (Wildman–Crippen LogP) is 3.96. The number of benzene rings is 2. The van der Waals surface area contributed by atoms with Gasteiger partial charge in [0.25, 0.3) is 0 Å². The monoisotopic (exact) mass is 246 g/mol. The Labute approximate surface area is 104 Å². The highest BCUT2D eigenvalue weighted by molar-refractivity contribution is 5.74. The zero-order valence-corrected chi connectivity index (χ0v) is 9.91. The van der Waals surface area contributed by atoms with Crippen LogP contribution in [-0.4, -0.2) is 6.10 Å². The molecular formula is C15H12F2O. The Kier molecular flexibility index (Phi) is 2.54. The fourth-order valence-electron chi connectivity index (χ4n) is 2.39. The number of rotatable bonds is 1. The van der Waals surface area contributed by atoms with Crippen LogP contribution in [0, 0.1) is 11.6 Å². The molecule has 2 aromatic rings. The second kappa shape index (κ2) is 4.09. The summed E-state index contributed by atoms with van der Waals surface area (Å²) in [5, 5.41) is 0. The summed E-state index contributed by atoms with van der Waals surface area (Å²) < 4.78 is 33.3. The van der Waals surface area contributed by atoms with Gasteiger partial charge in [-0.1, -0.05) is 24.3 Å². The van der Waals surface area contributed by atoms with Gasteiger partial charge in [0.15, 0.2) is 0 Å². The molecule has 18 heavy (non-hydrogen) atoms. The molecule has 0 aromatic heterocycles. The van der Waals surface area contributed by atoms with E-state index in [0.717, 1.165) is 12.0 Å². The maximum Gasteiger partial charge on any atom is 0.134 e. The molecule has 0 saturated carbocycles. The molecule has 0 bridgehead atoms. The Balaban J connectivity index is 2.23. The van der Waals surface area contributed by atoms with Gasteiger partial charge >= 0.3 is 0 Å². The largest absolute Gasteiger partial charge is 0.489 e. The summed E-state index contributed by atoms with van der Waals surface area (Å²) in [6, 6.07) is 9.31. The summed E-state index contributed by atoms with van der Waals surface area (Å²) in [7, 11) is 0. The van der Waals surface area contributed by atoms with Crippen LogP contribution >= 0.6 is 0 Å². The van der Waals surface area contributed by atoms with Gasteiger partial charge in [-0.2, -0.15) is 0 Å². The smallest absolute Gasteiger partial charge is 0.134 e.